The first-order valence-electron chi connectivity index (χ1n) is 7.08. The molecule has 1 aromatic rings. The zero-order chi connectivity index (χ0) is 12.8. The highest BCUT2D eigenvalue weighted by Crippen LogP contribution is 2.28. The van der Waals surface area contributed by atoms with E-state index in [1.165, 1.54) is 25.7 Å². The largest absolute Gasteiger partial charge is 0.392 e. The Bertz CT molecular complexity index is 336. The van der Waals surface area contributed by atoms with E-state index in [0.717, 1.165) is 18.0 Å². The maximum atomic E-state index is 10.0. The Labute approximate surface area is 110 Å². The number of aliphatic hydroxyl groups is 1. The highest BCUT2D eigenvalue weighted by Gasteiger charge is 2.19. The van der Waals surface area contributed by atoms with Gasteiger partial charge in [0.2, 0.25) is 0 Å². The van der Waals surface area contributed by atoms with E-state index in [0.29, 0.717) is 6.54 Å². The van der Waals surface area contributed by atoms with E-state index in [-0.39, 0.29) is 12.1 Å². The quantitative estimate of drug-likeness (QED) is 0.813. The first-order chi connectivity index (χ1) is 8.75. The Balaban J connectivity index is 1.70. The van der Waals surface area contributed by atoms with E-state index >= 15 is 0 Å². The van der Waals surface area contributed by atoms with Crippen molar-refractivity contribution >= 4 is 0 Å². The summed E-state index contributed by atoms with van der Waals surface area (Å²) in [6.07, 6.45) is 7.81. The Kier molecular flexibility index (Phi) is 5.14. The van der Waals surface area contributed by atoms with Crippen LogP contribution in [-0.2, 0) is 0 Å². The second kappa shape index (κ2) is 6.86. The molecule has 0 spiro atoms. The summed E-state index contributed by atoms with van der Waals surface area (Å²) in [6.45, 7) is 2.75. The van der Waals surface area contributed by atoms with Crippen molar-refractivity contribution in [2.75, 3.05) is 6.54 Å². The lowest BCUT2D eigenvalue weighted by atomic mass is 10.00. The minimum absolute atomic E-state index is 0.199. The number of rotatable bonds is 6. The molecule has 2 rings (SSSR count). The van der Waals surface area contributed by atoms with Gasteiger partial charge < -0.3 is 10.4 Å². The summed E-state index contributed by atoms with van der Waals surface area (Å²) in [5.74, 6) is 0.743. The summed E-state index contributed by atoms with van der Waals surface area (Å²) in [5, 5.41) is 13.4. The molecule has 1 heterocycles. The van der Waals surface area contributed by atoms with E-state index in [4.69, 9.17) is 0 Å². The summed E-state index contributed by atoms with van der Waals surface area (Å²) >= 11 is 0. The van der Waals surface area contributed by atoms with Crippen molar-refractivity contribution in [3.63, 3.8) is 0 Å². The molecule has 1 saturated carbocycles. The molecule has 2 N–H and O–H groups in total. The molecule has 0 aromatic carbocycles. The standard InChI is InChI=1S/C15H24N2O/c1-12(15-8-4-5-9-16-15)17-11-14(18)10-13-6-2-3-7-13/h4-5,8-9,12-14,17-18H,2-3,6-7,10-11H2,1H3/t12-,14?/m0/s1. The molecule has 1 aromatic heterocycles. The first-order valence-corrected chi connectivity index (χ1v) is 7.08. The van der Waals surface area contributed by atoms with Crippen molar-refractivity contribution in [1.29, 1.82) is 0 Å². The molecule has 0 radical (unpaired) electrons. The lowest BCUT2D eigenvalue weighted by Gasteiger charge is -2.19. The topological polar surface area (TPSA) is 45.1 Å². The highest BCUT2D eigenvalue weighted by molar-refractivity contribution is 5.07. The van der Waals surface area contributed by atoms with E-state index in [9.17, 15) is 5.11 Å². The van der Waals surface area contributed by atoms with E-state index in [1.807, 2.05) is 24.4 Å². The molecule has 1 aliphatic carbocycles. The third kappa shape index (κ3) is 4.07. The molecule has 18 heavy (non-hydrogen) atoms. The first kappa shape index (κ1) is 13.5. The zero-order valence-electron chi connectivity index (χ0n) is 11.2. The number of aliphatic hydroxyl groups excluding tert-OH is 1. The van der Waals surface area contributed by atoms with Gasteiger partial charge in [0, 0.05) is 18.8 Å². The van der Waals surface area contributed by atoms with Crippen LogP contribution in [0.15, 0.2) is 24.4 Å². The minimum atomic E-state index is -0.223. The van der Waals surface area contributed by atoms with Gasteiger partial charge in [-0.3, -0.25) is 4.98 Å². The highest BCUT2D eigenvalue weighted by atomic mass is 16.3. The molecule has 0 bridgehead atoms. The number of nitrogens with one attached hydrogen (secondary N) is 1. The summed E-state index contributed by atoms with van der Waals surface area (Å²) in [7, 11) is 0. The summed E-state index contributed by atoms with van der Waals surface area (Å²) in [5.41, 5.74) is 1.03. The Morgan fingerprint density at radius 1 is 1.39 bits per heavy atom. The molecule has 0 saturated heterocycles. The van der Waals surface area contributed by atoms with Crippen molar-refractivity contribution < 1.29 is 5.11 Å². The lowest BCUT2D eigenvalue weighted by Crippen LogP contribution is -2.30. The van der Waals surface area contributed by atoms with Crippen LogP contribution in [-0.4, -0.2) is 22.7 Å². The van der Waals surface area contributed by atoms with Gasteiger partial charge in [-0.15, -0.1) is 0 Å². The Morgan fingerprint density at radius 2 is 2.17 bits per heavy atom. The molecule has 100 valence electrons. The average Bonchev–Trinajstić information content (AvgIpc) is 2.90. The van der Waals surface area contributed by atoms with Crippen LogP contribution < -0.4 is 5.32 Å². The third-order valence-corrected chi connectivity index (χ3v) is 3.87. The number of hydrogen-bond acceptors (Lipinski definition) is 3. The second-order valence-electron chi connectivity index (χ2n) is 5.42. The molecule has 1 fully saturated rings. The molecule has 0 amide bonds. The van der Waals surface area contributed by atoms with Crippen LogP contribution in [0.2, 0.25) is 0 Å². The van der Waals surface area contributed by atoms with Gasteiger partial charge in [0.15, 0.2) is 0 Å². The van der Waals surface area contributed by atoms with Gasteiger partial charge in [-0.25, -0.2) is 0 Å². The van der Waals surface area contributed by atoms with Gasteiger partial charge in [0.25, 0.3) is 0 Å². The maximum Gasteiger partial charge on any atom is 0.0667 e. The van der Waals surface area contributed by atoms with Gasteiger partial charge in [-0.2, -0.15) is 0 Å². The fourth-order valence-corrected chi connectivity index (χ4v) is 2.76. The van der Waals surface area contributed by atoms with Crippen LogP contribution in [0.3, 0.4) is 0 Å². The maximum absolute atomic E-state index is 10.0. The van der Waals surface area contributed by atoms with Gasteiger partial charge in [-0.1, -0.05) is 31.7 Å². The molecular formula is C15H24N2O. The fourth-order valence-electron chi connectivity index (χ4n) is 2.76. The predicted molar refractivity (Wildman–Crippen MR) is 73.2 cm³/mol. The Hall–Kier alpha value is -0.930. The SMILES string of the molecule is C[C@H](NCC(O)CC1CCCC1)c1ccccn1. The van der Waals surface area contributed by atoms with Crippen molar-refractivity contribution in [3.8, 4) is 0 Å². The summed E-state index contributed by atoms with van der Waals surface area (Å²) < 4.78 is 0. The Morgan fingerprint density at radius 3 is 2.83 bits per heavy atom. The lowest BCUT2D eigenvalue weighted by molar-refractivity contribution is 0.137. The van der Waals surface area contributed by atoms with Crippen molar-refractivity contribution in [2.45, 2.75) is 51.2 Å². The number of hydrogen-bond donors (Lipinski definition) is 2. The normalized spacial score (nSPS) is 19.9. The molecule has 0 aliphatic heterocycles. The number of nitrogens with zero attached hydrogens (tertiary/aromatic N) is 1. The zero-order valence-corrected chi connectivity index (χ0v) is 11.2. The molecule has 1 unspecified atom stereocenters. The van der Waals surface area contributed by atoms with E-state index in [1.54, 1.807) is 0 Å². The van der Waals surface area contributed by atoms with Crippen LogP contribution in [0, 0.1) is 5.92 Å². The van der Waals surface area contributed by atoms with Crippen molar-refractivity contribution in [3.05, 3.63) is 30.1 Å². The number of aromatic nitrogens is 1. The molecule has 1 aliphatic rings. The van der Waals surface area contributed by atoms with Crippen LogP contribution in [0.5, 0.6) is 0 Å². The van der Waals surface area contributed by atoms with E-state index in [2.05, 4.69) is 17.2 Å². The van der Waals surface area contributed by atoms with Crippen LogP contribution in [0.4, 0.5) is 0 Å². The fraction of sp³-hybridized carbons (Fsp3) is 0.667. The average molecular weight is 248 g/mol. The van der Waals surface area contributed by atoms with Crippen LogP contribution in [0.25, 0.3) is 0 Å². The molecule has 3 nitrogen and oxygen atoms in total. The van der Waals surface area contributed by atoms with Crippen molar-refractivity contribution in [2.24, 2.45) is 5.92 Å². The van der Waals surface area contributed by atoms with Gasteiger partial charge in [0.05, 0.1) is 11.8 Å². The van der Waals surface area contributed by atoms with E-state index < -0.39 is 0 Å². The van der Waals surface area contributed by atoms with Crippen molar-refractivity contribution in [1.82, 2.24) is 10.3 Å². The molecule has 3 heteroatoms. The predicted octanol–water partition coefficient (Wildman–Crippen LogP) is 2.67. The summed E-state index contributed by atoms with van der Waals surface area (Å²) in [6, 6.07) is 6.13. The van der Waals surface area contributed by atoms with Gasteiger partial charge >= 0.3 is 0 Å². The number of pyridine rings is 1. The van der Waals surface area contributed by atoms with Gasteiger partial charge in [0.1, 0.15) is 0 Å². The monoisotopic (exact) mass is 248 g/mol. The molecule has 2 atom stereocenters. The third-order valence-electron chi connectivity index (χ3n) is 3.87. The van der Waals surface area contributed by atoms with Crippen LogP contribution >= 0.6 is 0 Å². The second-order valence-corrected chi connectivity index (χ2v) is 5.42. The van der Waals surface area contributed by atoms with Crippen LogP contribution in [0.1, 0.15) is 50.8 Å². The smallest absolute Gasteiger partial charge is 0.0667 e. The molecular weight excluding hydrogens is 224 g/mol. The minimum Gasteiger partial charge on any atom is -0.392 e. The van der Waals surface area contributed by atoms with Gasteiger partial charge in [-0.05, 0) is 31.4 Å². The summed E-state index contributed by atoms with van der Waals surface area (Å²) in [4.78, 5) is 4.32.